The molecule has 3 aliphatic rings. The zero-order chi connectivity index (χ0) is 15.6. The molecule has 0 aromatic heterocycles. The van der Waals surface area contributed by atoms with Crippen molar-refractivity contribution in [1.82, 2.24) is 16.2 Å². The van der Waals surface area contributed by atoms with Crippen molar-refractivity contribution in [2.75, 3.05) is 19.8 Å². The van der Waals surface area contributed by atoms with Gasteiger partial charge < -0.3 is 14.8 Å². The van der Waals surface area contributed by atoms with Gasteiger partial charge in [-0.2, -0.15) is 0 Å². The number of carbonyl (C=O) groups excluding carboxylic acids is 1. The summed E-state index contributed by atoms with van der Waals surface area (Å²) >= 11 is 0. The van der Waals surface area contributed by atoms with Crippen LogP contribution in [-0.4, -0.2) is 37.7 Å². The summed E-state index contributed by atoms with van der Waals surface area (Å²) in [7, 11) is 0. The first kappa shape index (κ1) is 14.8. The molecule has 0 radical (unpaired) electrons. The van der Waals surface area contributed by atoms with Gasteiger partial charge in [0.15, 0.2) is 11.5 Å². The Bertz CT molecular complexity index is 588. The normalized spacial score (nSPS) is 26.1. The molecule has 4 rings (SSSR count). The topological polar surface area (TPSA) is 71.6 Å². The number of nitrogens with one attached hydrogen (secondary N) is 3. The first-order valence-electron chi connectivity index (χ1n) is 8.47. The highest BCUT2D eigenvalue weighted by Crippen LogP contribution is 2.35. The fraction of sp³-hybridized carbons (Fsp3) is 0.588. The minimum Gasteiger partial charge on any atom is -0.486 e. The predicted molar refractivity (Wildman–Crippen MR) is 85.3 cm³/mol. The van der Waals surface area contributed by atoms with E-state index in [1.165, 1.54) is 12.8 Å². The van der Waals surface area contributed by atoms with E-state index in [0.29, 0.717) is 25.8 Å². The second-order valence-corrected chi connectivity index (χ2v) is 6.54. The number of benzene rings is 1. The molecule has 3 N–H and O–H groups in total. The number of carbonyl (C=O) groups is 1. The highest BCUT2D eigenvalue weighted by molar-refractivity contribution is 5.82. The van der Waals surface area contributed by atoms with Crippen LogP contribution in [0.4, 0.5) is 0 Å². The molecule has 0 bridgehead atoms. The Labute approximate surface area is 135 Å². The summed E-state index contributed by atoms with van der Waals surface area (Å²) in [5.74, 6) is 2.45. The fourth-order valence-corrected chi connectivity index (χ4v) is 3.26. The van der Waals surface area contributed by atoms with E-state index < -0.39 is 0 Å². The maximum Gasteiger partial charge on any atom is 0.238 e. The van der Waals surface area contributed by atoms with Crippen LogP contribution in [0.3, 0.4) is 0 Å². The average Bonchev–Trinajstić information content (AvgIpc) is 3.31. The molecule has 1 aromatic rings. The van der Waals surface area contributed by atoms with E-state index in [1.54, 1.807) is 0 Å². The summed E-state index contributed by atoms with van der Waals surface area (Å²) < 4.78 is 11.1. The van der Waals surface area contributed by atoms with Crippen LogP contribution in [0.25, 0.3) is 0 Å². The summed E-state index contributed by atoms with van der Waals surface area (Å²) in [6.45, 7) is 1.83. The van der Waals surface area contributed by atoms with Crippen molar-refractivity contribution in [2.24, 2.45) is 5.92 Å². The summed E-state index contributed by atoms with van der Waals surface area (Å²) in [6.07, 6.45) is 4.25. The van der Waals surface area contributed by atoms with E-state index in [2.05, 4.69) is 16.2 Å². The lowest BCUT2D eigenvalue weighted by Gasteiger charge is -2.19. The van der Waals surface area contributed by atoms with Crippen LogP contribution in [0.1, 0.15) is 24.8 Å². The second-order valence-electron chi connectivity index (χ2n) is 6.54. The summed E-state index contributed by atoms with van der Waals surface area (Å²) in [5.41, 5.74) is 7.51. The lowest BCUT2D eigenvalue weighted by Crippen LogP contribution is -2.44. The lowest BCUT2D eigenvalue weighted by molar-refractivity contribution is -0.122. The Morgan fingerprint density at radius 2 is 2.00 bits per heavy atom. The number of rotatable bonds is 5. The van der Waals surface area contributed by atoms with Gasteiger partial charge in [0.05, 0.1) is 0 Å². The van der Waals surface area contributed by atoms with Gasteiger partial charge in [-0.1, -0.05) is 6.07 Å². The smallest absolute Gasteiger partial charge is 0.238 e. The molecule has 2 aliphatic heterocycles. The molecule has 1 saturated carbocycles. The zero-order valence-electron chi connectivity index (χ0n) is 13.1. The van der Waals surface area contributed by atoms with Gasteiger partial charge >= 0.3 is 0 Å². The van der Waals surface area contributed by atoms with Crippen molar-refractivity contribution < 1.29 is 14.3 Å². The van der Waals surface area contributed by atoms with Gasteiger partial charge in [-0.3, -0.25) is 10.2 Å². The average molecular weight is 317 g/mol. The molecule has 6 heteroatoms. The van der Waals surface area contributed by atoms with Gasteiger partial charge in [-0.05, 0) is 49.3 Å². The minimum atomic E-state index is -0.110. The van der Waals surface area contributed by atoms with Crippen LogP contribution in [0, 0.1) is 5.92 Å². The third kappa shape index (κ3) is 3.43. The molecule has 2 fully saturated rings. The Kier molecular flexibility index (Phi) is 4.10. The van der Waals surface area contributed by atoms with Crippen molar-refractivity contribution in [1.29, 1.82) is 0 Å². The summed E-state index contributed by atoms with van der Waals surface area (Å²) in [5, 5.41) is 3.02. The molecule has 1 aromatic carbocycles. The highest BCUT2D eigenvalue weighted by atomic mass is 16.6. The Morgan fingerprint density at radius 3 is 2.83 bits per heavy atom. The van der Waals surface area contributed by atoms with Crippen molar-refractivity contribution in [3.05, 3.63) is 23.8 Å². The van der Waals surface area contributed by atoms with Crippen LogP contribution >= 0.6 is 0 Å². The molecule has 1 aliphatic carbocycles. The molecule has 124 valence electrons. The van der Waals surface area contributed by atoms with Gasteiger partial charge in [0.2, 0.25) is 5.91 Å². The Morgan fingerprint density at radius 1 is 1.17 bits per heavy atom. The van der Waals surface area contributed by atoms with E-state index in [9.17, 15) is 4.79 Å². The molecule has 1 amide bonds. The van der Waals surface area contributed by atoms with E-state index in [1.807, 2.05) is 18.2 Å². The number of hydrogen-bond donors (Lipinski definition) is 3. The minimum absolute atomic E-state index is 0.0817. The Hall–Kier alpha value is -1.79. The fourth-order valence-electron chi connectivity index (χ4n) is 3.26. The standard InChI is InChI=1S/C17H23N3O3/c21-17(14-10-13(19-20-14)12-2-3-12)18-6-5-11-1-4-15-16(9-11)23-8-7-22-15/h1,4,9,12-14,19-20H,2-3,5-8,10H2,(H,18,21). The van der Waals surface area contributed by atoms with Crippen molar-refractivity contribution >= 4 is 5.91 Å². The molecule has 2 heterocycles. The first-order chi connectivity index (χ1) is 11.3. The second kappa shape index (κ2) is 6.37. The number of hydrogen-bond acceptors (Lipinski definition) is 5. The molecule has 6 nitrogen and oxygen atoms in total. The van der Waals surface area contributed by atoms with Crippen LogP contribution < -0.4 is 25.6 Å². The summed E-state index contributed by atoms with van der Waals surface area (Å²) in [4.78, 5) is 12.2. The van der Waals surface area contributed by atoms with E-state index in [4.69, 9.17) is 9.47 Å². The first-order valence-corrected chi connectivity index (χ1v) is 8.47. The van der Waals surface area contributed by atoms with Gasteiger partial charge in [0, 0.05) is 12.6 Å². The maximum absolute atomic E-state index is 12.2. The molecule has 2 atom stereocenters. The van der Waals surface area contributed by atoms with Crippen molar-refractivity contribution in [3.63, 3.8) is 0 Å². The monoisotopic (exact) mass is 317 g/mol. The van der Waals surface area contributed by atoms with Crippen LogP contribution in [-0.2, 0) is 11.2 Å². The highest BCUT2D eigenvalue weighted by Gasteiger charge is 2.38. The molecule has 0 spiro atoms. The van der Waals surface area contributed by atoms with Crippen molar-refractivity contribution in [2.45, 2.75) is 37.8 Å². The van der Waals surface area contributed by atoms with Crippen LogP contribution in [0.2, 0.25) is 0 Å². The van der Waals surface area contributed by atoms with E-state index >= 15 is 0 Å². The number of hydrazine groups is 1. The number of amides is 1. The van der Waals surface area contributed by atoms with Crippen molar-refractivity contribution in [3.8, 4) is 11.5 Å². The maximum atomic E-state index is 12.2. The SMILES string of the molecule is O=C(NCCc1ccc2c(c1)OCCO2)C1CC(C2CC2)NN1. The lowest BCUT2D eigenvalue weighted by atomic mass is 10.1. The van der Waals surface area contributed by atoms with E-state index in [0.717, 1.165) is 35.8 Å². The summed E-state index contributed by atoms with van der Waals surface area (Å²) in [6, 6.07) is 6.32. The van der Waals surface area contributed by atoms with Crippen LogP contribution in [0.5, 0.6) is 11.5 Å². The molecule has 1 saturated heterocycles. The third-order valence-corrected chi connectivity index (χ3v) is 4.76. The quantitative estimate of drug-likeness (QED) is 0.748. The number of fused-ring (bicyclic) bond motifs is 1. The van der Waals surface area contributed by atoms with Gasteiger partial charge in [-0.15, -0.1) is 0 Å². The van der Waals surface area contributed by atoms with Crippen LogP contribution in [0.15, 0.2) is 18.2 Å². The van der Waals surface area contributed by atoms with E-state index in [-0.39, 0.29) is 11.9 Å². The van der Waals surface area contributed by atoms with Gasteiger partial charge in [0.25, 0.3) is 0 Å². The van der Waals surface area contributed by atoms with Gasteiger partial charge in [-0.25, -0.2) is 5.43 Å². The Balaban J connectivity index is 1.24. The molecular weight excluding hydrogens is 294 g/mol. The molecule has 2 unspecified atom stereocenters. The predicted octanol–water partition coefficient (Wildman–Crippen LogP) is 0.762. The largest absolute Gasteiger partial charge is 0.486 e. The third-order valence-electron chi connectivity index (χ3n) is 4.76. The number of ether oxygens (including phenoxy) is 2. The van der Waals surface area contributed by atoms with Gasteiger partial charge in [0.1, 0.15) is 19.3 Å². The zero-order valence-corrected chi connectivity index (χ0v) is 13.1. The molecule has 23 heavy (non-hydrogen) atoms. The molecular formula is C17H23N3O3.